The number of hydrogen-bond donors (Lipinski definition) is 0. The van der Waals surface area contributed by atoms with Gasteiger partial charge in [-0.1, -0.05) is 0 Å². The second kappa shape index (κ2) is 6.64. The normalized spacial score (nSPS) is 11.8. The molecule has 0 saturated heterocycles. The molecule has 0 aliphatic rings. The summed E-state index contributed by atoms with van der Waals surface area (Å²) >= 11 is 1.45. The van der Waals surface area contributed by atoms with Gasteiger partial charge in [0.05, 0.1) is 18.7 Å². The molecule has 1 aromatic heterocycles. The molecule has 0 atom stereocenters. The van der Waals surface area contributed by atoms with Crippen molar-refractivity contribution in [3.8, 4) is 0 Å². The van der Waals surface area contributed by atoms with Gasteiger partial charge in [-0.25, -0.2) is 13.8 Å². The van der Waals surface area contributed by atoms with Crippen LogP contribution in [0, 0.1) is 3.57 Å². The standard InChI is InChI=1S/C11H9F5INO2/c1-2-20-8(19)4-6-9(17)5(10(12)13)3-7(18-6)11(14,15)16/h3,10H,2,4H2,1H3. The zero-order valence-electron chi connectivity index (χ0n) is 10.1. The first-order valence-electron chi connectivity index (χ1n) is 5.37. The summed E-state index contributed by atoms with van der Waals surface area (Å²) in [6.07, 6.45) is -8.54. The van der Waals surface area contributed by atoms with Gasteiger partial charge in [0.15, 0.2) is 0 Å². The van der Waals surface area contributed by atoms with Crippen molar-refractivity contribution in [2.75, 3.05) is 6.61 Å². The monoisotopic (exact) mass is 409 g/mol. The van der Waals surface area contributed by atoms with Crippen LogP contribution < -0.4 is 0 Å². The predicted octanol–water partition coefficient (Wildman–Crippen LogP) is 3.75. The van der Waals surface area contributed by atoms with E-state index in [4.69, 9.17) is 0 Å². The number of hydrogen-bond acceptors (Lipinski definition) is 3. The number of ether oxygens (including phenoxy) is 1. The largest absolute Gasteiger partial charge is 0.466 e. The average molecular weight is 409 g/mol. The second-order valence-corrected chi connectivity index (χ2v) is 4.72. The molecule has 0 bridgehead atoms. The number of halogens is 6. The molecule has 0 aliphatic heterocycles. The van der Waals surface area contributed by atoms with Gasteiger partial charge < -0.3 is 4.74 Å². The second-order valence-electron chi connectivity index (χ2n) is 3.64. The summed E-state index contributed by atoms with van der Waals surface area (Å²) in [6, 6.07) is 0.293. The lowest BCUT2D eigenvalue weighted by Crippen LogP contribution is -2.16. The van der Waals surface area contributed by atoms with Gasteiger partial charge in [0, 0.05) is 9.13 Å². The minimum Gasteiger partial charge on any atom is -0.466 e. The minimum absolute atomic E-state index is 0.0378. The number of rotatable bonds is 4. The van der Waals surface area contributed by atoms with Gasteiger partial charge in [-0.05, 0) is 35.6 Å². The van der Waals surface area contributed by atoms with Gasteiger partial charge in [0.2, 0.25) is 0 Å². The molecule has 3 nitrogen and oxygen atoms in total. The fraction of sp³-hybridized carbons (Fsp3) is 0.455. The number of esters is 1. The number of aromatic nitrogens is 1. The van der Waals surface area contributed by atoms with E-state index >= 15 is 0 Å². The van der Waals surface area contributed by atoms with Gasteiger partial charge in [-0.15, -0.1) is 0 Å². The molecular weight excluding hydrogens is 400 g/mol. The first-order chi connectivity index (χ1) is 9.16. The lowest BCUT2D eigenvalue weighted by molar-refractivity contribution is -0.144. The summed E-state index contributed by atoms with van der Waals surface area (Å²) in [5.41, 5.74) is -2.62. The van der Waals surface area contributed by atoms with Crippen LogP contribution in [0.1, 0.15) is 30.3 Å². The molecule has 0 fully saturated rings. The molecular formula is C11H9F5INO2. The summed E-state index contributed by atoms with van der Waals surface area (Å²) in [6.45, 7) is 1.56. The number of carbonyl (C=O) groups is 1. The van der Waals surface area contributed by atoms with Crippen molar-refractivity contribution < 1.29 is 31.5 Å². The van der Waals surface area contributed by atoms with E-state index in [0.29, 0.717) is 6.07 Å². The fourth-order valence-corrected chi connectivity index (χ4v) is 2.08. The zero-order chi connectivity index (χ0) is 15.5. The molecule has 0 aliphatic carbocycles. The maximum Gasteiger partial charge on any atom is 0.433 e. The Hall–Kier alpha value is -1.00. The number of pyridine rings is 1. The Morgan fingerprint density at radius 2 is 2.05 bits per heavy atom. The lowest BCUT2D eigenvalue weighted by Gasteiger charge is -2.13. The van der Waals surface area contributed by atoms with Crippen molar-refractivity contribution >= 4 is 28.6 Å². The summed E-state index contributed by atoms with van der Waals surface area (Å²) in [7, 11) is 0. The third-order valence-electron chi connectivity index (χ3n) is 2.20. The van der Waals surface area contributed by atoms with Crippen molar-refractivity contribution in [1.82, 2.24) is 4.98 Å². The highest BCUT2D eigenvalue weighted by atomic mass is 127. The average Bonchev–Trinajstić information content (AvgIpc) is 2.30. The van der Waals surface area contributed by atoms with Gasteiger partial charge in [-0.2, -0.15) is 13.2 Å². The quantitative estimate of drug-likeness (QED) is 0.432. The highest BCUT2D eigenvalue weighted by molar-refractivity contribution is 14.1. The highest BCUT2D eigenvalue weighted by Gasteiger charge is 2.35. The smallest absolute Gasteiger partial charge is 0.433 e. The van der Waals surface area contributed by atoms with Crippen LogP contribution in [0.4, 0.5) is 22.0 Å². The molecule has 9 heteroatoms. The number of carbonyl (C=O) groups excluding carboxylic acids is 1. The van der Waals surface area contributed by atoms with E-state index < -0.39 is 36.2 Å². The first-order valence-corrected chi connectivity index (χ1v) is 6.45. The van der Waals surface area contributed by atoms with Gasteiger partial charge >= 0.3 is 12.1 Å². The maximum absolute atomic E-state index is 12.7. The van der Waals surface area contributed by atoms with Crippen LogP contribution in [0.3, 0.4) is 0 Å². The third kappa shape index (κ3) is 4.25. The Balaban J connectivity index is 3.28. The van der Waals surface area contributed by atoms with Crippen LogP contribution in [0.25, 0.3) is 0 Å². The van der Waals surface area contributed by atoms with Crippen molar-refractivity contribution in [3.05, 3.63) is 26.6 Å². The minimum atomic E-state index is -4.86. The maximum atomic E-state index is 12.7. The van der Waals surface area contributed by atoms with Gasteiger partial charge in [-0.3, -0.25) is 4.79 Å². The Morgan fingerprint density at radius 3 is 2.50 bits per heavy atom. The SMILES string of the molecule is CCOC(=O)Cc1nc(C(F)(F)F)cc(C(F)F)c1I. The molecule has 0 unspecified atom stereocenters. The van der Waals surface area contributed by atoms with Crippen molar-refractivity contribution in [1.29, 1.82) is 0 Å². The van der Waals surface area contributed by atoms with Crippen LogP contribution >= 0.6 is 22.6 Å². The molecule has 1 rings (SSSR count). The third-order valence-corrected chi connectivity index (χ3v) is 3.44. The fourth-order valence-electron chi connectivity index (χ4n) is 1.37. The van der Waals surface area contributed by atoms with E-state index in [9.17, 15) is 26.7 Å². The Labute approximate surface area is 124 Å². The summed E-state index contributed by atoms with van der Waals surface area (Å²) in [5.74, 6) is -0.822. The molecule has 20 heavy (non-hydrogen) atoms. The number of nitrogens with zero attached hydrogens (tertiary/aromatic N) is 1. The van der Waals surface area contributed by atoms with Crippen molar-refractivity contribution in [3.63, 3.8) is 0 Å². The Bertz CT molecular complexity index is 504. The molecule has 1 heterocycles. The summed E-state index contributed by atoms with van der Waals surface area (Å²) in [4.78, 5) is 14.5. The van der Waals surface area contributed by atoms with E-state index in [1.807, 2.05) is 0 Å². The van der Waals surface area contributed by atoms with Crippen molar-refractivity contribution in [2.45, 2.75) is 25.9 Å². The molecule has 112 valence electrons. The Morgan fingerprint density at radius 1 is 1.45 bits per heavy atom. The lowest BCUT2D eigenvalue weighted by atomic mass is 10.1. The van der Waals surface area contributed by atoms with Crippen molar-refractivity contribution in [2.24, 2.45) is 0 Å². The van der Waals surface area contributed by atoms with Gasteiger partial charge in [0.1, 0.15) is 5.69 Å². The molecule has 0 radical (unpaired) electrons. The summed E-state index contributed by atoms with van der Waals surface area (Å²) < 4.78 is 67.7. The van der Waals surface area contributed by atoms with Crippen LogP contribution in [0.15, 0.2) is 6.07 Å². The predicted molar refractivity (Wildman–Crippen MR) is 67.3 cm³/mol. The van der Waals surface area contributed by atoms with E-state index in [1.165, 1.54) is 29.5 Å². The molecule has 0 aromatic carbocycles. The molecule has 0 amide bonds. The molecule has 1 aromatic rings. The molecule has 0 saturated carbocycles. The van der Waals surface area contributed by atoms with E-state index in [1.54, 1.807) is 0 Å². The van der Waals surface area contributed by atoms with E-state index in [0.717, 1.165) is 0 Å². The van der Waals surface area contributed by atoms with Crippen LogP contribution in [0.5, 0.6) is 0 Å². The topological polar surface area (TPSA) is 39.2 Å². The molecule has 0 spiro atoms. The van der Waals surface area contributed by atoms with Crippen LogP contribution in [0.2, 0.25) is 0 Å². The van der Waals surface area contributed by atoms with Crippen LogP contribution in [-0.2, 0) is 22.1 Å². The zero-order valence-corrected chi connectivity index (χ0v) is 12.3. The van der Waals surface area contributed by atoms with Crippen LogP contribution in [-0.4, -0.2) is 17.6 Å². The highest BCUT2D eigenvalue weighted by Crippen LogP contribution is 2.34. The Kier molecular flexibility index (Phi) is 5.66. The summed E-state index contributed by atoms with van der Waals surface area (Å²) in [5, 5.41) is 0. The van der Waals surface area contributed by atoms with E-state index in [2.05, 4.69) is 9.72 Å². The molecule has 0 N–H and O–H groups in total. The first kappa shape index (κ1) is 17.1. The van der Waals surface area contributed by atoms with Gasteiger partial charge in [0.25, 0.3) is 6.43 Å². The number of alkyl halides is 5. The van der Waals surface area contributed by atoms with E-state index in [-0.39, 0.29) is 15.9 Å².